The molecule has 3 heteroatoms. The quantitative estimate of drug-likeness (QED) is 0.779. The van der Waals surface area contributed by atoms with Crippen LogP contribution in [0.4, 0.5) is 0 Å². The molecule has 1 aromatic carbocycles. The second kappa shape index (κ2) is 5.55. The van der Waals surface area contributed by atoms with Gasteiger partial charge in [0.05, 0.1) is 11.0 Å². The number of hydrogen-bond acceptors (Lipinski definition) is 2. The van der Waals surface area contributed by atoms with E-state index >= 15 is 0 Å². The predicted octanol–water partition coefficient (Wildman–Crippen LogP) is 3.82. The van der Waals surface area contributed by atoms with E-state index in [4.69, 9.17) is 0 Å². The number of nitrogens with zero attached hydrogens (tertiary/aromatic N) is 2. The smallest absolute Gasteiger partial charge is 0.185 e. The minimum atomic E-state index is 0.567. The number of carbonyl (C=O) groups excluding carboxylic acids is 1. The lowest BCUT2D eigenvalue weighted by molar-refractivity contribution is 0.111. The van der Waals surface area contributed by atoms with Gasteiger partial charge in [0.2, 0.25) is 0 Å². The van der Waals surface area contributed by atoms with Crippen molar-refractivity contribution in [1.82, 2.24) is 9.55 Å². The molecule has 1 heterocycles. The standard InChI is InChI=1S/C16H20N2O/c19-12-16-17-14-8-4-5-9-15(14)18(16)11-10-13-6-2-1-3-7-13/h4-5,8-9,12-13H,1-3,6-7,10-11H2. The van der Waals surface area contributed by atoms with E-state index in [9.17, 15) is 4.79 Å². The monoisotopic (exact) mass is 256 g/mol. The van der Waals surface area contributed by atoms with E-state index in [0.717, 1.165) is 29.8 Å². The van der Waals surface area contributed by atoms with Crippen molar-refractivity contribution in [2.24, 2.45) is 5.92 Å². The Labute approximate surface area is 113 Å². The van der Waals surface area contributed by atoms with Crippen LogP contribution in [0.5, 0.6) is 0 Å². The summed E-state index contributed by atoms with van der Waals surface area (Å²) in [4.78, 5) is 15.6. The molecule has 0 bridgehead atoms. The number of rotatable bonds is 4. The Bertz CT molecular complexity index is 567. The lowest BCUT2D eigenvalue weighted by atomic mass is 9.87. The Morgan fingerprint density at radius 2 is 2.00 bits per heavy atom. The zero-order valence-corrected chi connectivity index (χ0v) is 11.2. The average molecular weight is 256 g/mol. The first-order valence-electron chi connectivity index (χ1n) is 7.29. The summed E-state index contributed by atoms with van der Waals surface area (Å²) >= 11 is 0. The summed E-state index contributed by atoms with van der Waals surface area (Å²) in [5, 5.41) is 0. The van der Waals surface area contributed by atoms with Gasteiger partial charge in [-0.05, 0) is 24.5 Å². The Morgan fingerprint density at radius 1 is 1.21 bits per heavy atom. The summed E-state index contributed by atoms with van der Waals surface area (Å²) in [6, 6.07) is 8.00. The van der Waals surface area contributed by atoms with Crippen LogP contribution in [-0.2, 0) is 6.54 Å². The molecule has 1 aliphatic rings. The number of imidazole rings is 1. The zero-order chi connectivity index (χ0) is 13.1. The molecule has 0 radical (unpaired) electrons. The van der Waals surface area contributed by atoms with Crippen LogP contribution in [0.15, 0.2) is 24.3 Å². The third-order valence-corrected chi connectivity index (χ3v) is 4.28. The topological polar surface area (TPSA) is 34.9 Å². The normalized spacial score (nSPS) is 16.8. The van der Waals surface area contributed by atoms with Crippen LogP contribution in [0.2, 0.25) is 0 Å². The molecule has 1 fully saturated rings. The van der Waals surface area contributed by atoms with Gasteiger partial charge in [0.25, 0.3) is 0 Å². The second-order valence-electron chi connectivity index (χ2n) is 5.52. The van der Waals surface area contributed by atoms with Crippen LogP contribution < -0.4 is 0 Å². The zero-order valence-electron chi connectivity index (χ0n) is 11.2. The molecule has 0 atom stereocenters. The molecule has 0 N–H and O–H groups in total. The Balaban J connectivity index is 1.80. The van der Waals surface area contributed by atoms with Gasteiger partial charge in [-0.1, -0.05) is 44.2 Å². The van der Waals surface area contributed by atoms with Gasteiger partial charge in [0.1, 0.15) is 0 Å². The number of aryl methyl sites for hydroxylation is 1. The lowest BCUT2D eigenvalue weighted by Gasteiger charge is -2.21. The van der Waals surface area contributed by atoms with Gasteiger partial charge in [-0.2, -0.15) is 0 Å². The van der Waals surface area contributed by atoms with Crippen LogP contribution in [0.3, 0.4) is 0 Å². The number of aromatic nitrogens is 2. The predicted molar refractivity (Wildman–Crippen MR) is 76.3 cm³/mol. The van der Waals surface area contributed by atoms with E-state index in [0.29, 0.717) is 5.82 Å². The molecular formula is C16H20N2O. The average Bonchev–Trinajstić information content (AvgIpc) is 2.84. The van der Waals surface area contributed by atoms with Crippen molar-refractivity contribution in [3.8, 4) is 0 Å². The second-order valence-corrected chi connectivity index (χ2v) is 5.52. The lowest BCUT2D eigenvalue weighted by Crippen LogP contribution is -2.11. The summed E-state index contributed by atoms with van der Waals surface area (Å²) in [6.45, 7) is 0.916. The fraction of sp³-hybridized carbons (Fsp3) is 0.500. The van der Waals surface area contributed by atoms with E-state index < -0.39 is 0 Å². The molecule has 2 aromatic rings. The van der Waals surface area contributed by atoms with Gasteiger partial charge in [-0.15, -0.1) is 0 Å². The molecule has 0 spiro atoms. The number of benzene rings is 1. The van der Waals surface area contributed by atoms with E-state index in [2.05, 4.69) is 15.6 Å². The van der Waals surface area contributed by atoms with Crippen molar-refractivity contribution in [1.29, 1.82) is 0 Å². The van der Waals surface area contributed by atoms with Gasteiger partial charge < -0.3 is 4.57 Å². The molecule has 0 saturated heterocycles. The van der Waals surface area contributed by atoms with Crippen molar-refractivity contribution in [2.75, 3.05) is 0 Å². The fourth-order valence-corrected chi connectivity index (χ4v) is 3.21. The fourth-order valence-electron chi connectivity index (χ4n) is 3.21. The van der Waals surface area contributed by atoms with Crippen molar-refractivity contribution in [3.05, 3.63) is 30.1 Å². The molecule has 0 amide bonds. The molecule has 3 nitrogen and oxygen atoms in total. The molecule has 1 aliphatic carbocycles. The number of aldehydes is 1. The van der Waals surface area contributed by atoms with Crippen molar-refractivity contribution >= 4 is 17.3 Å². The Kier molecular flexibility index (Phi) is 3.62. The molecule has 100 valence electrons. The largest absolute Gasteiger partial charge is 0.322 e. The maximum absolute atomic E-state index is 11.2. The van der Waals surface area contributed by atoms with Gasteiger partial charge >= 0.3 is 0 Å². The number of fused-ring (bicyclic) bond motifs is 1. The first-order valence-corrected chi connectivity index (χ1v) is 7.29. The highest BCUT2D eigenvalue weighted by atomic mass is 16.1. The summed E-state index contributed by atoms with van der Waals surface area (Å²) in [6.07, 6.45) is 8.88. The molecule has 0 aliphatic heterocycles. The molecule has 0 unspecified atom stereocenters. The van der Waals surface area contributed by atoms with Crippen molar-refractivity contribution in [2.45, 2.75) is 45.1 Å². The van der Waals surface area contributed by atoms with E-state index in [1.165, 1.54) is 38.5 Å². The maximum Gasteiger partial charge on any atom is 0.185 e. The summed E-state index contributed by atoms with van der Waals surface area (Å²) in [5.41, 5.74) is 2.01. The third-order valence-electron chi connectivity index (χ3n) is 4.28. The Morgan fingerprint density at radius 3 is 2.79 bits per heavy atom. The van der Waals surface area contributed by atoms with Gasteiger partial charge in [-0.25, -0.2) is 4.98 Å². The molecular weight excluding hydrogens is 236 g/mol. The van der Waals surface area contributed by atoms with E-state index in [1.54, 1.807) is 0 Å². The highest BCUT2D eigenvalue weighted by Gasteiger charge is 2.15. The minimum Gasteiger partial charge on any atom is -0.322 e. The SMILES string of the molecule is O=Cc1nc2ccccc2n1CCC1CCCCC1. The van der Waals surface area contributed by atoms with Crippen LogP contribution in [-0.4, -0.2) is 15.8 Å². The number of carbonyl (C=O) groups is 1. The van der Waals surface area contributed by atoms with Gasteiger partial charge in [0, 0.05) is 6.54 Å². The first-order chi connectivity index (χ1) is 9.38. The van der Waals surface area contributed by atoms with E-state index in [1.807, 2.05) is 18.2 Å². The van der Waals surface area contributed by atoms with Crippen LogP contribution >= 0.6 is 0 Å². The molecule has 1 saturated carbocycles. The first kappa shape index (κ1) is 12.4. The Hall–Kier alpha value is -1.64. The minimum absolute atomic E-state index is 0.567. The molecule has 19 heavy (non-hydrogen) atoms. The third kappa shape index (κ3) is 2.55. The van der Waals surface area contributed by atoms with Gasteiger partial charge in [-0.3, -0.25) is 4.79 Å². The highest BCUT2D eigenvalue weighted by molar-refractivity contribution is 5.82. The summed E-state index contributed by atoms with van der Waals surface area (Å²) < 4.78 is 2.08. The maximum atomic E-state index is 11.2. The van der Waals surface area contributed by atoms with Crippen LogP contribution in [0, 0.1) is 5.92 Å². The number of hydrogen-bond donors (Lipinski definition) is 0. The summed E-state index contributed by atoms with van der Waals surface area (Å²) in [7, 11) is 0. The van der Waals surface area contributed by atoms with Gasteiger partial charge in [0.15, 0.2) is 12.1 Å². The highest BCUT2D eigenvalue weighted by Crippen LogP contribution is 2.27. The molecule has 3 rings (SSSR count). The van der Waals surface area contributed by atoms with Crippen LogP contribution in [0.1, 0.15) is 49.1 Å². The van der Waals surface area contributed by atoms with Crippen LogP contribution in [0.25, 0.3) is 11.0 Å². The van der Waals surface area contributed by atoms with E-state index in [-0.39, 0.29) is 0 Å². The number of para-hydroxylation sites is 2. The summed E-state index contributed by atoms with van der Waals surface area (Å²) in [5.74, 6) is 1.39. The van der Waals surface area contributed by atoms with Crippen molar-refractivity contribution in [3.63, 3.8) is 0 Å². The molecule has 1 aromatic heterocycles. The van der Waals surface area contributed by atoms with Crippen molar-refractivity contribution < 1.29 is 4.79 Å².